The summed E-state index contributed by atoms with van der Waals surface area (Å²) in [5.74, 6) is -0.447. The lowest BCUT2D eigenvalue weighted by atomic mass is 10.1. The maximum Gasteiger partial charge on any atom is 0.341 e. The van der Waals surface area contributed by atoms with Crippen LogP contribution in [0.3, 0.4) is 0 Å². The van der Waals surface area contributed by atoms with Crippen LogP contribution in [-0.4, -0.2) is 22.8 Å². The van der Waals surface area contributed by atoms with Gasteiger partial charge in [-0.15, -0.1) is 11.3 Å². The molecule has 26 heavy (non-hydrogen) atoms. The van der Waals surface area contributed by atoms with Crippen LogP contribution in [0.1, 0.15) is 12.5 Å². The van der Waals surface area contributed by atoms with Crippen molar-refractivity contribution in [1.82, 2.24) is 10.2 Å². The Kier molecular flexibility index (Phi) is 4.14. The van der Waals surface area contributed by atoms with Gasteiger partial charge in [-0.2, -0.15) is 0 Å². The number of thiophene rings is 1. The Morgan fingerprint density at radius 3 is 2.85 bits per heavy atom. The Hall–Kier alpha value is -3.19. The molecule has 3 heterocycles. The number of nitrogens with zero attached hydrogens (tertiary/aromatic N) is 1. The summed E-state index contributed by atoms with van der Waals surface area (Å²) in [6.07, 6.45) is 1.64. The van der Waals surface area contributed by atoms with Crippen molar-refractivity contribution in [2.75, 3.05) is 6.61 Å². The SMILES string of the molecule is CCOC(=O)C1=c2ccccc2=N/C1=C/c1c(-c2cccs2)[nH][nH]c1=O. The standard InChI is InChI=1S/C19H15N3O3S/c1-2-25-19(24)16-11-6-3-4-7-13(11)20-14(16)10-12-17(21-22-18(12)23)15-8-5-9-26-15/h3-10H,2H2,1H3,(H2,21,22,23)/b14-10+. The number of carbonyl (C=O) groups excluding carboxylic acids is 1. The Morgan fingerprint density at radius 1 is 1.23 bits per heavy atom. The molecule has 7 heteroatoms. The molecule has 0 amide bonds. The van der Waals surface area contributed by atoms with Crippen molar-refractivity contribution >= 4 is 29.0 Å². The van der Waals surface area contributed by atoms with Crippen LogP contribution in [-0.2, 0) is 9.53 Å². The molecular formula is C19H15N3O3S. The van der Waals surface area contributed by atoms with Gasteiger partial charge in [-0.3, -0.25) is 15.0 Å². The zero-order valence-electron chi connectivity index (χ0n) is 13.9. The summed E-state index contributed by atoms with van der Waals surface area (Å²) in [7, 11) is 0. The van der Waals surface area contributed by atoms with Gasteiger partial charge in [-0.05, 0) is 30.5 Å². The van der Waals surface area contributed by atoms with Crippen molar-refractivity contribution in [3.63, 3.8) is 0 Å². The zero-order valence-corrected chi connectivity index (χ0v) is 14.7. The third-order valence-corrected chi connectivity index (χ3v) is 4.90. The first-order valence-electron chi connectivity index (χ1n) is 8.11. The van der Waals surface area contributed by atoms with Crippen molar-refractivity contribution in [2.24, 2.45) is 4.99 Å². The highest BCUT2D eigenvalue weighted by atomic mass is 32.1. The third kappa shape index (κ3) is 2.72. The van der Waals surface area contributed by atoms with Gasteiger partial charge in [-0.25, -0.2) is 9.79 Å². The number of ether oxygens (including phenoxy) is 1. The highest BCUT2D eigenvalue weighted by molar-refractivity contribution is 7.13. The number of para-hydroxylation sites is 1. The van der Waals surface area contributed by atoms with Gasteiger partial charge >= 0.3 is 5.97 Å². The summed E-state index contributed by atoms with van der Waals surface area (Å²) in [5.41, 5.74) is 1.63. The van der Waals surface area contributed by atoms with Gasteiger partial charge in [0, 0.05) is 5.22 Å². The fourth-order valence-corrected chi connectivity index (χ4v) is 3.63. The van der Waals surface area contributed by atoms with Gasteiger partial charge in [0.1, 0.15) is 0 Å². The van der Waals surface area contributed by atoms with E-state index in [-0.39, 0.29) is 12.2 Å². The second-order valence-electron chi connectivity index (χ2n) is 5.60. The molecule has 1 aliphatic heterocycles. The number of aromatic amines is 2. The van der Waals surface area contributed by atoms with E-state index >= 15 is 0 Å². The molecule has 0 atom stereocenters. The minimum atomic E-state index is -0.447. The van der Waals surface area contributed by atoms with Crippen molar-refractivity contribution in [2.45, 2.75) is 6.92 Å². The van der Waals surface area contributed by atoms with Crippen LogP contribution in [0, 0.1) is 0 Å². The number of carbonyl (C=O) groups is 1. The number of esters is 1. The van der Waals surface area contributed by atoms with E-state index in [0.29, 0.717) is 33.1 Å². The lowest BCUT2D eigenvalue weighted by molar-refractivity contribution is -0.136. The molecule has 2 N–H and O–H groups in total. The van der Waals surface area contributed by atoms with Crippen LogP contribution in [0.2, 0.25) is 0 Å². The van der Waals surface area contributed by atoms with Crippen molar-refractivity contribution in [3.05, 3.63) is 74.0 Å². The molecule has 0 bridgehead atoms. The number of fused-ring (bicyclic) bond motifs is 1. The minimum Gasteiger partial charge on any atom is -0.462 e. The van der Waals surface area contributed by atoms with Crippen molar-refractivity contribution in [1.29, 1.82) is 0 Å². The van der Waals surface area contributed by atoms with Crippen LogP contribution in [0.5, 0.6) is 0 Å². The molecule has 0 radical (unpaired) electrons. The summed E-state index contributed by atoms with van der Waals surface area (Å²) < 4.78 is 5.20. The first kappa shape index (κ1) is 16.3. The predicted molar refractivity (Wildman–Crippen MR) is 100.0 cm³/mol. The average Bonchev–Trinajstić information content (AvgIpc) is 3.35. The van der Waals surface area contributed by atoms with Gasteiger partial charge in [0.2, 0.25) is 0 Å². The van der Waals surface area contributed by atoms with E-state index in [0.717, 1.165) is 4.88 Å². The Balaban J connectivity index is 1.92. The molecule has 0 unspecified atom stereocenters. The van der Waals surface area contributed by atoms with E-state index in [2.05, 4.69) is 15.2 Å². The van der Waals surface area contributed by atoms with Crippen LogP contribution in [0.25, 0.3) is 22.2 Å². The molecule has 1 aromatic carbocycles. The second kappa shape index (κ2) is 6.61. The third-order valence-electron chi connectivity index (χ3n) is 4.01. The summed E-state index contributed by atoms with van der Waals surface area (Å²) in [5, 5.41) is 8.84. The smallest absolute Gasteiger partial charge is 0.341 e. The molecule has 1 aliphatic rings. The summed E-state index contributed by atoms with van der Waals surface area (Å²) in [6, 6.07) is 11.2. The van der Waals surface area contributed by atoms with E-state index < -0.39 is 5.97 Å². The van der Waals surface area contributed by atoms with Crippen molar-refractivity contribution < 1.29 is 9.53 Å². The molecule has 0 saturated carbocycles. The topological polar surface area (TPSA) is 87.3 Å². The molecule has 6 nitrogen and oxygen atoms in total. The summed E-state index contributed by atoms with van der Waals surface area (Å²) >= 11 is 1.52. The van der Waals surface area contributed by atoms with Gasteiger partial charge in [0.25, 0.3) is 5.56 Å². The van der Waals surface area contributed by atoms with E-state index in [1.165, 1.54) is 11.3 Å². The number of nitrogens with one attached hydrogen (secondary N) is 2. The van der Waals surface area contributed by atoms with E-state index in [4.69, 9.17) is 4.74 Å². The zero-order chi connectivity index (χ0) is 18.1. The molecule has 0 aliphatic carbocycles. The van der Waals surface area contributed by atoms with Gasteiger partial charge in [-0.1, -0.05) is 24.3 Å². The molecular weight excluding hydrogens is 350 g/mol. The molecule has 3 aromatic rings. The lowest BCUT2D eigenvalue weighted by Crippen LogP contribution is -2.25. The maximum absolute atomic E-state index is 12.5. The molecule has 0 spiro atoms. The molecule has 0 fully saturated rings. The fraction of sp³-hybridized carbons (Fsp3) is 0.105. The molecule has 0 saturated heterocycles. The van der Waals surface area contributed by atoms with Crippen LogP contribution in [0.15, 0.2) is 57.3 Å². The largest absolute Gasteiger partial charge is 0.462 e. The average molecular weight is 365 g/mol. The van der Waals surface area contributed by atoms with Crippen LogP contribution in [0.4, 0.5) is 0 Å². The monoisotopic (exact) mass is 365 g/mol. The van der Waals surface area contributed by atoms with Gasteiger partial charge in [0.15, 0.2) is 0 Å². The first-order valence-corrected chi connectivity index (χ1v) is 8.98. The predicted octanol–water partition coefficient (Wildman–Crippen LogP) is 1.82. The number of hydrogen-bond donors (Lipinski definition) is 2. The minimum absolute atomic E-state index is 0.267. The highest BCUT2D eigenvalue weighted by Gasteiger charge is 2.23. The van der Waals surface area contributed by atoms with E-state index in [1.807, 2.05) is 41.8 Å². The highest BCUT2D eigenvalue weighted by Crippen LogP contribution is 2.27. The molecule has 4 rings (SSSR count). The number of aromatic nitrogens is 2. The van der Waals surface area contributed by atoms with Crippen LogP contribution >= 0.6 is 11.3 Å². The number of H-pyrrole nitrogens is 2. The Morgan fingerprint density at radius 2 is 2.08 bits per heavy atom. The van der Waals surface area contributed by atoms with Gasteiger partial charge in [0.05, 0.1) is 39.4 Å². The summed E-state index contributed by atoms with van der Waals surface area (Å²) in [4.78, 5) is 30.3. The quantitative estimate of drug-likeness (QED) is 0.692. The maximum atomic E-state index is 12.5. The van der Waals surface area contributed by atoms with E-state index in [9.17, 15) is 9.59 Å². The second-order valence-corrected chi connectivity index (χ2v) is 6.55. The molecule has 2 aromatic heterocycles. The molecule has 130 valence electrons. The Labute approximate surface area is 152 Å². The van der Waals surface area contributed by atoms with E-state index in [1.54, 1.807) is 13.0 Å². The lowest BCUT2D eigenvalue weighted by Gasteiger charge is -2.04. The first-order chi connectivity index (χ1) is 12.7. The normalized spacial score (nSPS) is 14.3. The number of rotatable bonds is 4. The number of hydrogen-bond acceptors (Lipinski definition) is 5. The van der Waals surface area contributed by atoms with Crippen molar-refractivity contribution in [3.8, 4) is 10.6 Å². The number of benzene rings is 1. The summed E-state index contributed by atoms with van der Waals surface area (Å²) in [6.45, 7) is 2.02. The Bertz CT molecular complexity index is 1180. The fourth-order valence-electron chi connectivity index (χ4n) is 2.89. The van der Waals surface area contributed by atoms with Gasteiger partial charge < -0.3 is 4.74 Å². The van der Waals surface area contributed by atoms with Crippen LogP contribution < -0.4 is 16.1 Å².